The molecule has 1 N–H and O–H groups in total. The lowest BCUT2D eigenvalue weighted by Gasteiger charge is -2.08. The van der Waals surface area contributed by atoms with Crippen molar-refractivity contribution in [3.05, 3.63) is 58.1 Å². The van der Waals surface area contributed by atoms with Crippen LogP contribution >= 0.6 is 15.9 Å². The normalized spacial score (nSPS) is 10.3. The van der Waals surface area contributed by atoms with Gasteiger partial charge in [0.25, 0.3) is 5.91 Å². The van der Waals surface area contributed by atoms with Crippen molar-refractivity contribution in [2.75, 3.05) is 13.2 Å². The third kappa shape index (κ3) is 5.98. The molecule has 2 aromatic rings. The number of rotatable bonds is 7. The zero-order valence-corrected chi connectivity index (χ0v) is 15.2. The maximum Gasteiger partial charge on any atom is 0.277 e. The molecule has 0 aliphatic heterocycles. The Morgan fingerprint density at radius 2 is 2.08 bits per heavy atom. The first kappa shape index (κ1) is 18.6. The number of ether oxygens (including phenoxy) is 2. The Labute approximate surface area is 155 Å². The SMILES string of the molecule is C#CCOc1ccc(Br)cc1C=NNC(=O)COc1ccccc1C. The van der Waals surface area contributed by atoms with E-state index in [1.165, 1.54) is 6.21 Å². The van der Waals surface area contributed by atoms with Crippen LogP contribution in [0.3, 0.4) is 0 Å². The third-order valence-electron chi connectivity index (χ3n) is 3.13. The number of carbonyl (C=O) groups is 1. The van der Waals surface area contributed by atoms with E-state index in [9.17, 15) is 4.79 Å². The van der Waals surface area contributed by atoms with Crippen LogP contribution in [0.1, 0.15) is 11.1 Å². The van der Waals surface area contributed by atoms with Crippen LogP contribution in [0.4, 0.5) is 0 Å². The Kier molecular flexibility index (Phi) is 7.05. The van der Waals surface area contributed by atoms with Crippen molar-refractivity contribution in [2.45, 2.75) is 6.92 Å². The first-order valence-electron chi connectivity index (χ1n) is 7.46. The molecule has 0 atom stereocenters. The van der Waals surface area contributed by atoms with Gasteiger partial charge in [0.05, 0.1) is 6.21 Å². The Morgan fingerprint density at radius 1 is 1.28 bits per heavy atom. The molecule has 0 spiro atoms. The molecular weight excluding hydrogens is 384 g/mol. The van der Waals surface area contributed by atoms with Crippen molar-refractivity contribution in [3.8, 4) is 23.8 Å². The van der Waals surface area contributed by atoms with Crippen molar-refractivity contribution in [2.24, 2.45) is 5.10 Å². The Bertz CT molecular complexity index is 813. The molecule has 0 aromatic heterocycles. The minimum absolute atomic E-state index is 0.124. The van der Waals surface area contributed by atoms with Crippen molar-refractivity contribution >= 4 is 28.1 Å². The van der Waals surface area contributed by atoms with E-state index in [1.807, 2.05) is 43.3 Å². The fraction of sp³-hybridized carbons (Fsp3) is 0.158. The van der Waals surface area contributed by atoms with Gasteiger partial charge in [-0.05, 0) is 36.8 Å². The fourth-order valence-corrected chi connectivity index (χ4v) is 2.32. The average Bonchev–Trinajstić information content (AvgIpc) is 2.60. The number of para-hydroxylation sites is 1. The van der Waals surface area contributed by atoms with Crippen molar-refractivity contribution in [1.82, 2.24) is 5.43 Å². The third-order valence-corrected chi connectivity index (χ3v) is 3.62. The van der Waals surface area contributed by atoms with Crippen LogP contribution in [0.15, 0.2) is 52.0 Å². The van der Waals surface area contributed by atoms with Crippen LogP contribution in [0, 0.1) is 19.3 Å². The second kappa shape index (κ2) is 9.50. The second-order valence-corrected chi connectivity index (χ2v) is 5.94. The molecule has 0 radical (unpaired) electrons. The smallest absolute Gasteiger partial charge is 0.277 e. The van der Waals surface area contributed by atoms with E-state index in [0.29, 0.717) is 17.1 Å². The summed E-state index contributed by atoms with van der Waals surface area (Å²) < 4.78 is 11.7. The first-order chi connectivity index (χ1) is 12.1. The fourth-order valence-electron chi connectivity index (χ4n) is 1.94. The van der Waals surface area contributed by atoms with Crippen molar-refractivity contribution in [1.29, 1.82) is 0 Å². The number of aryl methyl sites for hydroxylation is 1. The van der Waals surface area contributed by atoms with Crippen LogP contribution < -0.4 is 14.9 Å². The molecule has 0 aliphatic rings. The highest BCUT2D eigenvalue weighted by Gasteiger charge is 2.05. The first-order valence-corrected chi connectivity index (χ1v) is 8.25. The molecule has 2 aromatic carbocycles. The van der Waals surface area contributed by atoms with E-state index in [-0.39, 0.29) is 19.1 Å². The van der Waals surface area contributed by atoms with Gasteiger partial charge in [0.2, 0.25) is 0 Å². The highest BCUT2D eigenvalue weighted by molar-refractivity contribution is 9.10. The average molecular weight is 401 g/mol. The standard InChI is InChI=1S/C19H17BrN2O3/c1-3-10-24-18-9-8-16(20)11-15(18)12-21-22-19(23)13-25-17-7-5-4-6-14(17)2/h1,4-9,11-12H,10,13H2,2H3,(H,22,23). The maximum absolute atomic E-state index is 11.8. The molecule has 6 heteroatoms. The van der Waals surface area contributed by atoms with Crippen LogP contribution in [-0.2, 0) is 4.79 Å². The van der Waals surface area contributed by atoms with E-state index in [2.05, 4.69) is 32.4 Å². The number of nitrogens with one attached hydrogen (secondary N) is 1. The summed E-state index contributed by atoms with van der Waals surface area (Å²) in [4.78, 5) is 11.8. The van der Waals surface area contributed by atoms with Gasteiger partial charge in [-0.1, -0.05) is 40.0 Å². The number of nitrogens with zero attached hydrogens (tertiary/aromatic N) is 1. The topological polar surface area (TPSA) is 59.9 Å². The summed E-state index contributed by atoms with van der Waals surface area (Å²) in [5.74, 6) is 3.29. The van der Waals surface area contributed by atoms with Gasteiger partial charge in [-0.25, -0.2) is 5.43 Å². The van der Waals surface area contributed by atoms with Gasteiger partial charge in [-0.3, -0.25) is 4.79 Å². The number of hydrogen-bond acceptors (Lipinski definition) is 4. The molecule has 0 bridgehead atoms. The number of amides is 1. The number of halogens is 1. The minimum Gasteiger partial charge on any atom is -0.483 e. The largest absolute Gasteiger partial charge is 0.483 e. The predicted octanol–water partition coefficient (Wildman–Crippen LogP) is 3.30. The Hall–Kier alpha value is -2.78. The van der Waals surface area contributed by atoms with Gasteiger partial charge < -0.3 is 9.47 Å². The number of terminal acetylenes is 1. The molecule has 0 fully saturated rings. The van der Waals surface area contributed by atoms with E-state index < -0.39 is 0 Å². The van der Waals surface area contributed by atoms with Crippen molar-refractivity contribution in [3.63, 3.8) is 0 Å². The molecule has 0 saturated heterocycles. The minimum atomic E-state index is -0.361. The van der Waals surface area contributed by atoms with Gasteiger partial charge in [-0.15, -0.1) is 6.42 Å². The van der Waals surface area contributed by atoms with E-state index in [0.717, 1.165) is 10.0 Å². The lowest BCUT2D eigenvalue weighted by atomic mass is 10.2. The number of carbonyl (C=O) groups excluding carboxylic acids is 1. The monoisotopic (exact) mass is 400 g/mol. The summed E-state index contributed by atoms with van der Waals surface area (Å²) in [5.41, 5.74) is 4.06. The lowest BCUT2D eigenvalue weighted by molar-refractivity contribution is -0.123. The van der Waals surface area contributed by atoms with E-state index in [1.54, 1.807) is 6.07 Å². The number of hydrazone groups is 1. The molecule has 128 valence electrons. The van der Waals surface area contributed by atoms with E-state index >= 15 is 0 Å². The zero-order chi connectivity index (χ0) is 18.1. The van der Waals surface area contributed by atoms with Crippen LogP contribution in [-0.4, -0.2) is 25.3 Å². The molecule has 0 unspecified atom stereocenters. The molecule has 2 rings (SSSR count). The zero-order valence-electron chi connectivity index (χ0n) is 13.7. The predicted molar refractivity (Wildman–Crippen MR) is 101 cm³/mol. The van der Waals surface area contributed by atoms with Crippen LogP contribution in [0.25, 0.3) is 0 Å². The molecule has 0 heterocycles. The van der Waals surface area contributed by atoms with Gasteiger partial charge in [0, 0.05) is 10.0 Å². The highest BCUT2D eigenvalue weighted by atomic mass is 79.9. The highest BCUT2D eigenvalue weighted by Crippen LogP contribution is 2.21. The quantitative estimate of drug-likeness (QED) is 0.440. The summed E-state index contributed by atoms with van der Waals surface area (Å²) in [6, 6.07) is 12.9. The Morgan fingerprint density at radius 3 is 2.84 bits per heavy atom. The lowest BCUT2D eigenvalue weighted by Crippen LogP contribution is -2.24. The maximum atomic E-state index is 11.8. The van der Waals surface area contributed by atoms with Gasteiger partial charge in [-0.2, -0.15) is 5.10 Å². The number of benzene rings is 2. The summed E-state index contributed by atoms with van der Waals surface area (Å²) >= 11 is 3.38. The molecule has 0 aliphatic carbocycles. The molecule has 1 amide bonds. The Balaban J connectivity index is 1.92. The summed E-state index contributed by atoms with van der Waals surface area (Å²) in [6.45, 7) is 1.94. The van der Waals surface area contributed by atoms with Crippen LogP contribution in [0.5, 0.6) is 11.5 Å². The molecule has 0 saturated carbocycles. The molecular formula is C19H17BrN2O3. The second-order valence-electron chi connectivity index (χ2n) is 5.02. The van der Waals surface area contributed by atoms with Gasteiger partial charge >= 0.3 is 0 Å². The van der Waals surface area contributed by atoms with Gasteiger partial charge in [0.1, 0.15) is 18.1 Å². The van der Waals surface area contributed by atoms with E-state index in [4.69, 9.17) is 15.9 Å². The molecule has 25 heavy (non-hydrogen) atoms. The van der Waals surface area contributed by atoms with Crippen molar-refractivity contribution < 1.29 is 14.3 Å². The van der Waals surface area contributed by atoms with Crippen LogP contribution in [0.2, 0.25) is 0 Å². The molecule has 5 nitrogen and oxygen atoms in total. The summed E-state index contributed by atoms with van der Waals surface area (Å²) in [7, 11) is 0. The summed E-state index contributed by atoms with van der Waals surface area (Å²) in [5, 5.41) is 3.93. The summed E-state index contributed by atoms with van der Waals surface area (Å²) in [6.07, 6.45) is 6.69. The number of hydrogen-bond donors (Lipinski definition) is 1. The van der Waals surface area contributed by atoms with Gasteiger partial charge in [0.15, 0.2) is 6.61 Å².